The Balaban J connectivity index is 3.55. The van der Waals surface area contributed by atoms with E-state index in [1.54, 1.807) is 19.8 Å². The Morgan fingerprint density at radius 3 is 2.38 bits per heavy atom. The van der Waals surface area contributed by atoms with Crippen LogP contribution < -0.4 is 0 Å². The molecular weight excluding hydrogens is 123 g/mol. The lowest BCUT2D eigenvalue weighted by Gasteiger charge is -2.07. The molecule has 1 unspecified atom stereocenters. The lowest BCUT2D eigenvalue weighted by atomic mass is 10.9. The van der Waals surface area contributed by atoms with E-state index in [-0.39, 0.29) is 0 Å². The van der Waals surface area contributed by atoms with Crippen LogP contribution in [0.2, 0.25) is 0 Å². The summed E-state index contributed by atoms with van der Waals surface area (Å²) < 4.78 is 15.8. The monoisotopic (exact) mass is 135 g/mol. The lowest BCUT2D eigenvalue weighted by molar-refractivity contribution is 0.341. The normalized spacial score (nSPS) is 17.9. The maximum Gasteiger partial charge on any atom is 0.203 e. The SMILES string of the molecule is C[CH]P(C)(=O)OCC. The van der Waals surface area contributed by atoms with E-state index < -0.39 is 7.37 Å². The lowest BCUT2D eigenvalue weighted by Crippen LogP contribution is -1.85. The van der Waals surface area contributed by atoms with Gasteiger partial charge >= 0.3 is 0 Å². The highest BCUT2D eigenvalue weighted by atomic mass is 31.2. The van der Waals surface area contributed by atoms with Crippen molar-refractivity contribution < 1.29 is 9.09 Å². The average Bonchev–Trinajstić information content (AvgIpc) is 1.67. The van der Waals surface area contributed by atoms with Gasteiger partial charge in [-0.25, -0.2) is 0 Å². The van der Waals surface area contributed by atoms with Gasteiger partial charge in [0.15, 0.2) is 0 Å². The standard InChI is InChI=1S/C5H12O2P/c1-4-7-8(3,6)5-2/h5H,4H2,1-3H3. The molecule has 49 valence electrons. The fourth-order valence-corrected chi connectivity index (χ4v) is 0.993. The van der Waals surface area contributed by atoms with Crippen molar-refractivity contribution >= 4 is 7.37 Å². The quantitative estimate of drug-likeness (QED) is 0.554. The van der Waals surface area contributed by atoms with E-state index in [9.17, 15) is 4.57 Å². The Kier molecular flexibility index (Phi) is 3.34. The minimum atomic E-state index is -2.30. The van der Waals surface area contributed by atoms with E-state index >= 15 is 0 Å². The third kappa shape index (κ3) is 3.23. The molecule has 1 atom stereocenters. The Morgan fingerprint density at radius 2 is 2.25 bits per heavy atom. The maximum absolute atomic E-state index is 10.9. The second-order valence-electron chi connectivity index (χ2n) is 1.58. The van der Waals surface area contributed by atoms with E-state index in [2.05, 4.69) is 0 Å². The minimum Gasteiger partial charge on any atom is -0.329 e. The summed E-state index contributed by atoms with van der Waals surface area (Å²) in [6, 6.07) is 0. The topological polar surface area (TPSA) is 26.3 Å². The molecule has 0 fully saturated rings. The Morgan fingerprint density at radius 1 is 1.75 bits per heavy atom. The summed E-state index contributed by atoms with van der Waals surface area (Å²) in [4.78, 5) is 0. The van der Waals surface area contributed by atoms with Crippen molar-refractivity contribution in [2.45, 2.75) is 13.8 Å². The molecule has 0 aromatic rings. The Hall–Kier alpha value is 0.190. The van der Waals surface area contributed by atoms with E-state index in [1.807, 2.05) is 6.92 Å². The zero-order chi connectivity index (χ0) is 6.62. The molecule has 0 aromatic heterocycles. The summed E-state index contributed by atoms with van der Waals surface area (Å²) in [5.41, 5.74) is 0. The van der Waals surface area contributed by atoms with Gasteiger partial charge in [0.25, 0.3) is 0 Å². The molecule has 0 amide bonds. The molecule has 0 aliphatic carbocycles. The Labute approximate surface area is 50.7 Å². The summed E-state index contributed by atoms with van der Waals surface area (Å²) in [7, 11) is -2.30. The predicted molar refractivity (Wildman–Crippen MR) is 35.1 cm³/mol. The maximum atomic E-state index is 10.9. The van der Waals surface area contributed by atoms with Crippen LogP contribution >= 0.6 is 7.37 Å². The van der Waals surface area contributed by atoms with Gasteiger partial charge in [-0.05, 0) is 6.92 Å². The van der Waals surface area contributed by atoms with Gasteiger partial charge in [-0.2, -0.15) is 0 Å². The summed E-state index contributed by atoms with van der Waals surface area (Å²) in [5.74, 6) is 0. The number of hydrogen-bond donors (Lipinski definition) is 0. The fourth-order valence-electron chi connectivity index (χ4n) is 0.331. The first kappa shape index (κ1) is 8.19. The third-order valence-electron chi connectivity index (χ3n) is 0.854. The van der Waals surface area contributed by atoms with Crippen LogP contribution in [0.4, 0.5) is 0 Å². The summed E-state index contributed by atoms with van der Waals surface area (Å²) in [6.45, 7) is 5.71. The van der Waals surface area contributed by atoms with Crippen LogP contribution in [0.1, 0.15) is 13.8 Å². The van der Waals surface area contributed by atoms with Crippen molar-refractivity contribution in [3.8, 4) is 0 Å². The first-order chi connectivity index (χ1) is 3.62. The molecule has 0 saturated heterocycles. The summed E-state index contributed by atoms with van der Waals surface area (Å²) >= 11 is 0. The molecule has 0 saturated carbocycles. The van der Waals surface area contributed by atoms with Crippen LogP contribution in [0.15, 0.2) is 0 Å². The predicted octanol–water partition coefficient (Wildman–Crippen LogP) is 2.11. The molecule has 2 nitrogen and oxygen atoms in total. The summed E-state index contributed by atoms with van der Waals surface area (Å²) in [5, 5.41) is 0. The summed E-state index contributed by atoms with van der Waals surface area (Å²) in [6.07, 6.45) is 1.61. The smallest absolute Gasteiger partial charge is 0.203 e. The molecule has 1 radical (unpaired) electrons. The van der Waals surface area contributed by atoms with Gasteiger partial charge in [0.05, 0.1) is 6.61 Å². The van der Waals surface area contributed by atoms with Crippen LogP contribution in [0.3, 0.4) is 0 Å². The average molecular weight is 135 g/mol. The number of rotatable bonds is 3. The van der Waals surface area contributed by atoms with Gasteiger partial charge in [0.2, 0.25) is 7.37 Å². The van der Waals surface area contributed by atoms with Crippen LogP contribution in [0, 0.1) is 6.16 Å². The molecule has 0 bridgehead atoms. The number of hydrogen-bond acceptors (Lipinski definition) is 2. The van der Waals surface area contributed by atoms with E-state index in [4.69, 9.17) is 4.52 Å². The molecule has 0 heterocycles. The van der Waals surface area contributed by atoms with Crippen molar-refractivity contribution in [1.82, 2.24) is 0 Å². The van der Waals surface area contributed by atoms with Crippen molar-refractivity contribution in [1.29, 1.82) is 0 Å². The van der Waals surface area contributed by atoms with Crippen molar-refractivity contribution in [3.05, 3.63) is 6.16 Å². The zero-order valence-electron chi connectivity index (χ0n) is 5.55. The largest absolute Gasteiger partial charge is 0.329 e. The second kappa shape index (κ2) is 3.26. The highest BCUT2D eigenvalue weighted by Crippen LogP contribution is 2.44. The first-order valence-electron chi connectivity index (χ1n) is 2.64. The molecule has 3 heteroatoms. The van der Waals surface area contributed by atoms with E-state index in [1.165, 1.54) is 0 Å². The van der Waals surface area contributed by atoms with Crippen LogP contribution in [0.25, 0.3) is 0 Å². The van der Waals surface area contributed by atoms with Crippen molar-refractivity contribution in [2.75, 3.05) is 13.3 Å². The van der Waals surface area contributed by atoms with Gasteiger partial charge < -0.3 is 4.52 Å². The third-order valence-corrected chi connectivity index (χ3v) is 2.56. The molecule has 0 aromatic carbocycles. The minimum absolute atomic E-state index is 0.526. The second-order valence-corrected chi connectivity index (χ2v) is 4.18. The zero-order valence-corrected chi connectivity index (χ0v) is 6.44. The van der Waals surface area contributed by atoms with E-state index in [0.717, 1.165) is 0 Å². The molecule has 8 heavy (non-hydrogen) atoms. The van der Waals surface area contributed by atoms with Gasteiger partial charge in [-0.15, -0.1) is 0 Å². The van der Waals surface area contributed by atoms with E-state index in [0.29, 0.717) is 6.61 Å². The molecular formula is C5H12O2P. The van der Waals surface area contributed by atoms with Gasteiger partial charge in [0.1, 0.15) is 0 Å². The molecule has 0 aliphatic heterocycles. The van der Waals surface area contributed by atoms with Crippen LogP contribution in [-0.4, -0.2) is 13.3 Å². The van der Waals surface area contributed by atoms with Crippen molar-refractivity contribution in [2.24, 2.45) is 0 Å². The fraction of sp³-hybridized carbons (Fsp3) is 0.800. The molecule has 0 N–H and O–H groups in total. The van der Waals surface area contributed by atoms with Gasteiger partial charge in [0, 0.05) is 12.8 Å². The van der Waals surface area contributed by atoms with Gasteiger partial charge in [-0.1, -0.05) is 6.92 Å². The van der Waals surface area contributed by atoms with Crippen LogP contribution in [0.5, 0.6) is 0 Å². The molecule has 0 aliphatic rings. The van der Waals surface area contributed by atoms with Gasteiger partial charge in [-0.3, -0.25) is 4.57 Å². The van der Waals surface area contributed by atoms with Crippen LogP contribution in [-0.2, 0) is 9.09 Å². The highest BCUT2D eigenvalue weighted by Gasteiger charge is 2.09. The highest BCUT2D eigenvalue weighted by molar-refractivity contribution is 7.60. The molecule has 0 rings (SSSR count). The Bertz CT molecular complexity index is 101. The molecule has 0 spiro atoms. The van der Waals surface area contributed by atoms with Crippen molar-refractivity contribution in [3.63, 3.8) is 0 Å². The first-order valence-corrected chi connectivity index (χ1v) is 4.78.